The fraction of sp³-hybridized carbons (Fsp3) is 0.370. The van der Waals surface area contributed by atoms with E-state index in [9.17, 15) is 14.7 Å². The topological polar surface area (TPSA) is 117 Å². The first-order valence-corrected chi connectivity index (χ1v) is 12.1. The summed E-state index contributed by atoms with van der Waals surface area (Å²) in [5.74, 6) is -1.15. The molecule has 0 bridgehead atoms. The van der Waals surface area contributed by atoms with Gasteiger partial charge in [-0.3, -0.25) is 4.79 Å². The lowest BCUT2D eigenvalue weighted by molar-refractivity contribution is -0.172. The van der Waals surface area contributed by atoms with E-state index < -0.39 is 11.6 Å². The number of aliphatic hydroxyl groups is 1. The van der Waals surface area contributed by atoms with E-state index in [0.717, 1.165) is 27.6 Å². The van der Waals surface area contributed by atoms with Crippen molar-refractivity contribution in [3.63, 3.8) is 0 Å². The molecule has 3 aliphatic rings. The molecule has 3 aromatic rings. The predicted molar refractivity (Wildman–Crippen MR) is 131 cm³/mol. The normalized spacial score (nSPS) is 20.6. The second kappa shape index (κ2) is 8.06. The van der Waals surface area contributed by atoms with E-state index in [1.54, 1.807) is 24.5 Å². The van der Waals surface area contributed by atoms with Crippen LogP contribution in [0.15, 0.2) is 23.0 Å². The molecule has 0 spiro atoms. The van der Waals surface area contributed by atoms with Crippen molar-refractivity contribution in [2.75, 3.05) is 13.2 Å². The van der Waals surface area contributed by atoms with Crippen molar-refractivity contribution in [3.8, 4) is 11.4 Å². The lowest BCUT2D eigenvalue weighted by atomic mass is 9.85. The van der Waals surface area contributed by atoms with Crippen LogP contribution < -0.4 is 11.3 Å². The van der Waals surface area contributed by atoms with Gasteiger partial charge >= 0.3 is 5.97 Å². The van der Waals surface area contributed by atoms with Gasteiger partial charge in [0.2, 0.25) is 0 Å². The first kappa shape index (κ1) is 23.0. The summed E-state index contributed by atoms with van der Waals surface area (Å²) in [5.41, 5.74) is 9.86. The van der Waals surface area contributed by atoms with Crippen LogP contribution >= 0.6 is 0 Å². The monoisotopic (exact) mass is 491 g/mol. The van der Waals surface area contributed by atoms with E-state index in [2.05, 4.69) is 0 Å². The number of hydrogen-bond acceptors (Lipinski definition) is 7. The summed E-state index contributed by atoms with van der Waals surface area (Å²) in [5, 5.41) is 11.9. The minimum absolute atomic E-state index is 0.0560. The van der Waals surface area contributed by atoms with Gasteiger partial charge in [-0.05, 0) is 48.1 Å². The molecule has 0 saturated carbocycles. The summed E-state index contributed by atoms with van der Waals surface area (Å²) in [7, 11) is 0. The Labute approximate surface area is 206 Å². The molecule has 1 aromatic carbocycles. The highest BCUT2D eigenvalue weighted by atomic mass is 19.1. The van der Waals surface area contributed by atoms with Crippen LogP contribution in [0.2, 0.25) is 0 Å². The highest BCUT2D eigenvalue weighted by Crippen LogP contribution is 2.42. The number of halogens is 1. The van der Waals surface area contributed by atoms with Crippen LogP contribution in [-0.2, 0) is 39.6 Å². The Hall–Kier alpha value is -3.40. The average molecular weight is 492 g/mol. The maximum Gasteiger partial charge on any atom is 0.343 e. The van der Waals surface area contributed by atoms with Crippen molar-refractivity contribution >= 4 is 22.4 Å². The standard InChI is InChI=1S/C27H26FN3O5/c1-3-27(34)18-8-21-24-16(11-31(21)25(32)17(18)12-36-26(27)33)15(10-29)23-20(30-24)9-19(28)13(2)22(23)14-4-6-35-7-5-14/h4,8-9,34H,3,5-7,10-12,29H2,1-2H3/t27-/m0/s1. The van der Waals surface area contributed by atoms with Gasteiger partial charge < -0.3 is 24.9 Å². The maximum atomic E-state index is 15.2. The number of cyclic esters (lactones) is 1. The van der Waals surface area contributed by atoms with Crippen molar-refractivity contribution in [2.45, 2.75) is 52.0 Å². The quantitative estimate of drug-likeness (QED) is 0.423. The molecule has 8 nitrogen and oxygen atoms in total. The molecule has 0 saturated heterocycles. The predicted octanol–water partition coefficient (Wildman–Crippen LogP) is 2.79. The molecule has 0 radical (unpaired) electrons. The fourth-order valence-corrected chi connectivity index (χ4v) is 5.78. The minimum atomic E-state index is -1.91. The third-order valence-electron chi connectivity index (χ3n) is 7.78. The van der Waals surface area contributed by atoms with Gasteiger partial charge in [0.1, 0.15) is 12.4 Å². The van der Waals surface area contributed by atoms with Crippen molar-refractivity contribution in [1.29, 1.82) is 0 Å². The van der Waals surface area contributed by atoms with Crippen molar-refractivity contribution in [2.24, 2.45) is 5.73 Å². The number of fused-ring (bicyclic) bond motifs is 5. The van der Waals surface area contributed by atoms with Gasteiger partial charge in [0.05, 0.1) is 42.2 Å². The Morgan fingerprint density at radius 1 is 1.28 bits per heavy atom. The number of ether oxygens (including phenoxy) is 2. The Morgan fingerprint density at radius 2 is 2.08 bits per heavy atom. The molecular weight excluding hydrogens is 465 g/mol. The number of aromatic nitrogens is 2. The van der Waals surface area contributed by atoms with Crippen LogP contribution in [0.3, 0.4) is 0 Å². The molecule has 0 amide bonds. The van der Waals surface area contributed by atoms with Crippen molar-refractivity contribution in [1.82, 2.24) is 9.55 Å². The molecule has 3 aliphatic heterocycles. The Bertz CT molecular complexity index is 1570. The Kier molecular flexibility index (Phi) is 5.15. The van der Waals surface area contributed by atoms with E-state index >= 15 is 4.39 Å². The number of benzene rings is 1. The molecule has 36 heavy (non-hydrogen) atoms. The summed E-state index contributed by atoms with van der Waals surface area (Å²) in [6.45, 7) is 4.63. The molecule has 0 aliphatic carbocycles. The summed E-state index contributed by atoms with van der Waals surface area (Å²) < 4.78 is 27.3. The number of nitrogens with two attached hydrogens (primary N) is 1. The molecule has 0 fully saturated rings. The van der Waals surface area contributed by atoms with E-state index in [-0.39, 0.29) is 48.6 Å². The van der Waals surface area contributed by atoms with E-state index in [0.29, 0.717) is 42.1 Å². The van der Waals surface area contributed by atoms with Crippen LogP contribution in [0, 0.1) is 12.7 Å². The van der Waals surface area contributed by atoms with Crippen LogP contribution in [0.1, 0.15) is 53.1 Å². The summed E-state index contributed by atoms with van der Waals surface area (Å²) in [6, 6.07) is 3.06. The van der Waals surface area contributed by atoms with Crippen molar-refractivity contribution in [3.05, 3.63) is 67.8 Å². The van der Waals surface area contributed by atoms with Gasteiger partial charge in [0.15, 0.2) is 5.60 Å². The van der Waals surface area contributed by atoms with Gasteiger partial charge in [0, 0.05) is 29.1 Å². The zero-order valence-electron chi connectivity index (χ0n) is 20.1. The lowest BCUT2D eigenvalue weighted by Gasteiger charge is -2.31. The molecule has 5 heterocycles. The van der Waals surface area contributed by atoms with Gasteiger partial charge in [-0.25, -0.2) is 14.2 Å². The molecule has 0 unspecified atom stereocenters. The molecule has 9 heteroatoms. The summed E-state index contributed by atoms with van der Waals surface area (Å²) >= 11 is 0. The van der Waals surface area contributed by atoms with Crippen LogP contribution in [0.4, 0.5) is 4.39 Å². The Balaban J connectivity index is 1.67. The first-order chi connectivity index (χ1) is 17.3. The van der Waals surface area contributed by atoms with E-state index in [1.807, 2.05) is 6.08 Å². The third kappa shape index (κ3) is 3.00. The molecule has 186 valence electrons. The molecule has 3 N–H and O–H groups in total. The lowest BCUT2D eigenvalue weighted by Crippen LogP contribution is -2.44. The second-order valence-electron chi connectivity index (χ2n) is 9.53. The number of hydrogen-bond donors (Lipinski definition) is 2. The highest BCUT2D eigenvalue weighted by molar-refractivity contribution is 5.98. The number of rotatable bonds is 3. The first-order valence-electron chi connectivity index (χ1n) is 12.1. The summed E-state index contributed by atoms with van der Waals surface area (Å²) in [4.78, 5) is 30.8. The average Bonchev–Trinajstić information content (AvgIpc) is 3.25. The zero-order valence-corrected chi connectivity index (χ0v) is 20.1. The second-order valence-corrected chi connectivity index (χ2v) is 9.53. The molecule has 2 aromatic heterocycles. The molecular formula is C27H26FN3O5. The van der Waals surface area contributed by atoms with Gasteiger partial charge in [-0.1, -0.05) is 13.0 Å². The largest absolute Gasteiger partial charge is 0.458 e. The van der Waals surface area contributed by atoms with Crippen LogP contribution in [-0.4, -0.2) is 33.8 Å². The number of carbonyl (C=O) groups is 1. The van der Waals surface area contributed by atoms with Crippen LogP contribution in [0.5, 0.6) is 0 Å². The number of pyridine rings is 2. The maximum absolute atomic E-state index is 15.2. The number of esters is 1. The third-order valence-corrected chi connectivity index (χ3v) is 7.78. The zero-order chi connectivity index (χ0) is 25.4. The van der Waals surface area contributed by atoms with Gasteiger partial charge in [-0.15, -0.1) is 0 Å². The van der Waals surface area contributed by atoms with Crippen LogP contribution in [0.25, 0.3) is 27.9 Å². The number of carbonyl (C=O) groups excluding carboxylic acids is 1. The smallest absolute Gasteiger partial charge is 0.343 e. The van der Waals surface area contributed by atoms with E-state index in [1.165, 1.54) is 6.07 Å². The van der Waals surface area contributed by atoms with Gasteiger partial charge in [-0.2, -0.15) is 0 Å². The summed E-state index contributed by atoms with van der Waals surface area (Å²) in [6.07, 6.45) is 2.67. The van der Waals surface area contributed by atoms with Gasteiger partial charge in [0.25, 0.3) is 5.56 Å². The fourth-order valence-electron chi connectivity index (χ4n) is 5.78. The van der Waals surface area contributed by atoms with E-state index in [4.69, 9.17) is 20.2 Å². The molecule has 1 atom stereocenters. The molecule has 6 rings (SSSR count). The van der Waals surface area contributed by atoms with Crippen molar-refractivity contribution < 1.29 is 23.8 Å². The number of nitrogens with zero attached hydrogens (tertiary/aromatic N) is 2. The SMILES string of the molecule is CC[C@@]1(O)C(=O)OCc2c1cc1n(c2=O)Cc2c-1nc1cc(F)c(C)c(C3=CCOCC3)c1c2CN. The minimum Gasteiger partial charge on any atom is -0.458 e. The highest BCUT2D eigenvalue weighted by Gasteiger charge is 2.45. The Morgan fingerprint density at radius 3 is 2.78 bits per heavy atom.